The van der Waals surface area contributed by atoms with Crippen molar-refractivity contribution in [1.82, 2.24) is 15.2 Å². The van der Waals surface area contributed by atoms with Gasteiger partial charge in [-0.05, 0) is 18.8 Å². The van der Waals surface area contributed by atoms with Crippen LogP contribution in [0.5, 0.6) is 0 Å². The van der Waals surface area contributed by atoms with E-state index in [2.05, 4.69) is 15.2 Å². The topological polar surface area (TPSA) is 63.0 Å². The highest BCUT2D eigenvalue weighted by molar-refractivity contribution is 5.00. The van der Waals surface area contributed by atoms with Gasteiger partial charge in [-0.15, -0.1) is 0 Å². The van der Waals surface area contributed by atoms with Crippen LogP contribution in [0.3, 0.4) is 0 Å². The lowest BCUT2D eigenvalue weighted by Gasteiger charge is -2.52. The number of piperazine rings is 3. The number of hydrogen-bond acceptors (Lipinski definition) is 6. The Bertz CT molecular complexity index is 367. The molecule has 0 aromatic carbocycles. The van der Waals surface area contributed by atoms with Gasteiger partial charge in [-0.1, -0.05) is 0 Å². The summed E-state index contributed by atoms with van der Waals surface area (Å²) in [5.74, 6) is 6.58. The van der Waals surface area contributed by atoms with E-state index in [1.54, 1.807) is 0 Å². The molecule has 5 fully saturated rings. The summed E-state index contributed by atoms with van der Waals surface area (Å²) in [5, 5.41) is 0. The van der Waals surface area contributed by atoms with Gasteiger partial charge in [-0.3, -0.25) is 21.1 Å². The molecule has 6 nitrogen and oxygen atoms in total. The predicted molar refractivity (Wildman–Crippen MR) is 79.8 cm³/mol. The van der Waals surface area contributed by atoms with Crippen LogP contribution in [-0.4, -0.2) is 80.0 Å². The molecule has 5 rings (SSSR count). The normalized spacial score (nSPS) is 47.9. The second-order valence-corrected chi connectivity index (χ2v) is 7.18. The number of ether oxygens (including phenoxy) is 2. The van der Waals surface area contributed by atoms with Crippen molar-refractivity contribution in [3.63, 3.8) is 0 Å². The fourth-order valence-electron chi connectivity index (χ4n) is 4.80. The van der Waals surface area contributed by atoms with Crippen molar-refractivity contribution in [2.45, 2.75) is 36.9 Å². The molecule has 3 N–H and O–H groups in total. The fraction of sp³-hybridized carbons (Fsp3) is 1.00. The molecule has 6 heteroatoms. The average molecular weight is 296 g/mol. The predicted octanol–water partition coefficient (Wildman–Crippen LogP) is -0.596. The number of nitrogens with zero attached hydrogens (tertiary/aromatic N) is 2. The molecule has 21 heavy (non-hydrogen) atoms. The van der Waals surface area contributed by atoms with E-state index in [9.17, 15) is 0 Å². The van der Waals surface area contributed by atoms with Gasteiger partial charge in [0.2, 0.25) is 0 Å². The van der Waals surface area contributed by atoms with Crippen LogP contribution in [0.1, 0.15) is 19.3 Å². The molecule has 2 bridgehead atoms. The van der Waals surface area contributed by atoms with Gasteiger partial charge in [0.25, 0.3) is 0 Å². The van der Waals surface area contributed by atoms with E-state index in [1.807, 2.05) is 0 Å². The Morgan fingerprint density at radius 3 is 2.67 bits per heavy atom. The first kappa shape index (κ1) is 14.4. The Labute approximate surface area is 126 Å². The first-order valence-electron chi connectivity index (χ1n) is 8.44. The van der Waals surface area contributed by atoms with Gasteiger partial charge >= 0.3 is 0 Å². The van der Waals surface area contributed by atoms with Gasteiger partial charge in [0.15, 0.2) is 0 Å². The SMILES string of the molecule is NNC(C1CCOC2(CCOC2)C1)C1CN2CCN1CC2. The zero-order valence-electron chi connectivity index (χ0n) is 12.8. The van der Waals surface area contributed by atoms with E-state index in [-0.39, 0.29) is 5.60 Å². The Morgan fingerprint density at radius 1 is 1.19 bits per heavy atom. The van der Waals surface area contributed by atoms with Crippen LogP contribution in [0.15, 0.2) is 0 Å². The molecular formula is C15H28N4O2. The lowest BCUT2D eigenvalue weighted by atomic mass is 9.78. The molecular weight excluding hydrogens is 268 g/mol. The zero-order valence-corrected chi connectivity index (χ0v) is 12.8. The highest BCUT2D eigenvalue weighted by Gasteiger charge is 2.46. The van der Waals surface area contributed by atoms with Crippen LogP contribution in [-0.2, 0) is 9.47 Å². The van der Waals surface area contributed by atoms with E-state index < -0.39 is 0 Å². The Morgan fingerprint density at radius 2 is 2.05 bits per heavy atom. The Balaban J connectivity index is 1.47. The first-order valence-corrected chi connectivity index (χ1v) is 8.44. The van der Waals surface area contributed by atoms with Gasteiger partial charge in [-0.2, -0.15) is 0 Å². The van der Waals surface area contributed by atoms with E-state index in [4.69, 9.17) is 15.3 Å². The lowest BCUT2D eigenvalue weighted by Crippen LogP contribution is -2.69. The fourth-order valence-corrected chi connectivity index (χ4v) is 4.80. The quantitative estimate of drug-likeness (QED) is 0.536. The van der Waals surface area contributed by atoms with Crippen LogP contribution in [0.25, 0.3) is 0 Å². The number of rotatable bonds is 3. The monoisotopic (exact) mass is 296 g/mol. The molecule has 120 valence electrons. The number of hydrazine groups is 1. The summed E-state index contributed by atoms with van der Waals surface area (Å²) in [6.07, 6.45) is 3.24. The molecule has 0 aromatic rings. The summed E-state index contributed by atoms with van der Waals surface area (Å²) in [4.78, 5) is 5.22. The van der Waals surface area contributed by atoms with E-state index in [0.717, 1.165) is 45.6 Å². The van der Waals surface area contributed by atoms with Crippen molar-refractivity contribution in [3.8, 4) is 0 Å². The molecule has 5 saturated heterocycles. The summed E-state index contributed by atoms with van der Waals surface area (Å²) in [6.45, 7) is 8.45. The van der Waals surface area contributed by atoms with Crippen molar-refractivity contribution in [1.29, 1.82) is 0 Å². The average Bonchev–Trinajstić information content (AvgIpc) is 2.97. The molecule has 0 radical (unpaired) electrons. The van der Waals surface area contributed by atoms with Crippen LogP contribution in [0, 0.1) is 5.92 Å². The standard InChI is InChI=1S/C15H28N4O2/c16-17-14(13-10-18-3-5-19(13)6-4-18)12-1-7-21-15(9-12)2-8-20-11-15/h12-14,17H,1-11,16H2. The van der Waals surface area contributed by atoms with Gasteiger partial charge in [0.1, 0.15) is 0 Å². The van der Waals surface area contributed by atoms with Gasteiger partial charge in [0, 0.05) is 64.4 Å². The maximum Gasteiger partial charge on any atom is 0.0939 e. The molecule has 5 aliphatic rings. The summed E-state index contributed by atoms with van der Waals surface area (Å²) in [5.41, 5.74) is 3.14. The Hall–Kier alpha value is -0.240. The zero-order chi connectivity index (χ0) is 14.3. The third-order valence-corrected chi connectivity index (χ3v) is 6.03. The van der Waals surface area contributed by atoms with Crippen molar-refractivity contribution in [3.05, 3.63) is 0 Å². The second kappa shape index (κ2) is 5.76. The molecule has 0 amide bonds. The highest BCUT2D eigenvalue weighted by atomic mass is 16.6. The molecule has 0 aliphatic carbocycles. The molecule has 1 spiro atoms. The number of nitrogens with one attached hydrogen (secondary N) is 1. The van der Waals surface area contributed by atoms with Crippen LogP contribution in [0.2, 0.25) is 0 Å². The number of hydrogen-bond donors (Lipinski definition) is 2. The lowest BCUT2D eigenvalue weighted by molar-refractivity contribution is -0.112. The van der Waals surface area contributed by atoms with Crippen molar-refractivity contribution in [2.24, 2.45) is 11.8 Å². The van der Waals surface area contributed by atoms with E-state index in [0.29, 0.717) is 18.0 Å². The molecule has 0 saturated carbocycles. The number of fused-ring (bicyclic) bond motifs is 3. The summed E-state index contributed by atoms with van der Waals surface area (Å²) in [7, 11) is 0. The van der Waals surface area contributed by atoms with Crippen LogP contribution >= 0.6 is 0 Å². The minimum Gasteiger partial charge on any atom is -0.378 e. The molecule has 5 heterocycles. The third kappa shape index (κ3) is 2.62. The highest BCUT2D eigenvalue weighted by Crippen LogP contribution is 2.38. The minimum absolute atomic E-state index is 0.0265. The summed E-state index contributed by atoms with van der Waals surface area (Å²) in [6, 6.07) is 0.925. The van der Waals surface area contributed by atoms with Crippen molar-refractivity contribution >= 4 is 0 Å². The maximum atomic E-state index is 6.08. The smallest absolute Gasteiger partial charge is 0.0939 e. The second-order valence-electron chi connectivity index (χ2n) is 7.18. The van der Waals surface area contributed by atoms with Crippen molar-refractivity contribution in [2.75, 3.05) is 52.5 Å². The van der Waals surface area contributed by atoms with Gasteiger partial charge in [-0.25, -0.2) is 0 Å². The molecule has 5 aliphatic heterocycles. The van der Waals surface area contributed by atoms with Crippen LogP contribution < -0.4 is 11.3 Å². The minimum atomic E-state index is -0.0265. The van der Waals surface area contributed by atoms with E-state index in [1.165, 1.54) is 26.2 Å². The van der Waals surface area contributed by atoms with E-state index >= 15 is 0 Å². The molecule has 4 atom stereocenters. The van der Waals surface area contributed by atoms with Crippen LogP contribution in [0.4, 0.5) is 0 Å². The Kier molecular flexibility index (Phi) is 3.94. The third-order valence-electron chi connectivity index (χ3n) is 6.03. The van der Waals surface area contributed by atoms with Crippen molar-refractivity contribution < 1.29 is 9.47 Å². The maximum absolute atomic E-state index is 6.08. The molecule has 4 unspecified atom stereocenters. The van der Waals surface area contributed by atoms with Gasteiger partial charge < -0.3 is 9.47 Å². The largest absolute Gasteiger partial charge is 0.378 e. The first-order chi connectivity index (χ1) is 10.3. The molecule has 0 aromatic heterocycles. The number of nitrogens with two attached hydrogens (primary N) is 1. The summed E-state index contributed by atoms with van der Waals surface area (Å²) >= 11 is 0. The van der Waals surface area contributed by atoms with Gasteiger partial charge in [0.05, 0.1) is 12.2 Å². The summed E-state index contributed by atoms with van der Waals surface area (Å²) < 4.78 is 11.7.